The zero-order valence-corrected chi connectivity index (χ0v) is 12.6. The molecule has 0 unspecified atom stereocenters. The second kappa shape index (κ2) is 5.24. The molecule has 0 saturated heterocycles. The zero-order chi connectivity index (χ0) is 14.2. The second-order valence-electron chi connectivity index (χ2n) is 4.56. The van der Waals surface area contributed by atoms with Gasteiger partial charge in [0.15, 0.2) is 0 Å². The van der Waals surface area contributed by atoms with E-state index in [0.29, 0.717) is 30.4 Å². The van der Waals surface area contributed by atoms with Gasteiger partial charge in [0.2, 0.25) is 10.0 Å². The fourth-order valence-electron chi connectivity index (χ4n) is 2.16. The number of thiophene rings is 1. The standard InChI is InChI=1S/C11H15N5O2S2/c1-12-5-9-4-10(7-19-9)20(17,18)16-3-2-15-8-13-14-11(15)6-16/h4,7-8,12H,2-3,5-6H2,1H3. The molecule has 2 aromatic heterocycles. The predicted molar refractivity (Wildman–Crippen MR) is 74.7 cm³/mol. The van der Waals surface area contributed by atoms with Crippen molar-refractivity contribution < 1.29 is 8.42 Å². The predicted octanol–water partition coefficient (Wildman–Crippen LogP) is 0.264. The molecule has 0 spiro atoms. The molecule has 0 radical (unpaired) electrons. The first-order valence-corrected chi connectivity index (χ1v) is 8.52. The number of nitrogens with zero attached hydrogens (tertiary/aromatic N) is 4. The van der Waals surface area contributed by atoms with Gasteiger partial charge < -0.3 is 9.88 Å². The number of nitrogens with one attached hydrogen (secondary N) is 1. The third kappa shape index (κ3) is 2.37. The summed E-state index contributed by atoms with van der Waals surface area (Å²) < 4.78 is 28.5. The number of aromatic nitrogens is 3. The molecule has 1 N–H and O–H groups in total. The van der Waals surface area contributed by atoms with Gasteiger partial charge in [-0.15, -0.1) is 21.5 Å². The van der Waals surface area contributed by atoms with Crippen LogP contribution in [0.15, 0.2) is 22.7 Å². The van der Waals surface area contributed by atoms with Gasteiger partial charge in [0.1, 0.15) is 12.2 Å². The van der Waals surface area contributed by atoms with Crippen LogP contribution in [0.5, 0.6) is 0 Å². The molecule has 0 fully saturated rings. The average molecular weight is 313 g/mol. The van der Waals surface area contributed by atoms with Crippen LogP contribution in [-0.2, 0) is 29.7 Å². The Labute approximate surface area is 121 Å². The summed E-state index contributed by atoms with van der Waals surface area (Å²) in [5, 5.41) is 12.5. The molecule has 0 bridgehead atoms. The van der Waals surface area contributed by atoms with Crippen LogP contribution >= 0.6 is 11.3 Å². The van der Waals surface area contributed by atoms with Crippen molar-refractivity contribution in [3.05, 3.63) is 28.5 Å². The summed E-state index contributed by atoms with van der Waals surface area (Å²) in [6.45, 7) is 1.99. The maximum absolute atomic E-state index is 12.6. The van der Waals surface area contributed by atoms with E-state index in [1.807, 2.05) is 11.6 Å². The normalized spacial score (nSPS) is 16.2. The molecule has 2 aromatic rings. The lowest BCUT2D eigenvalue weighted by atomic mass is 10.4. The molecule has 1 aliphatic heterocycles. The molecule has 0 amide bonds. The van der Waals surface area contributed by atoms with Crippen molar-refractivity contribution in [1.82, 2.24) is 24.4 Å². The highest BCUT2D eigenvalue weighted by molar-refractivity contribution is 7.89. The van der Waals surface area contributed by atoms with Gasteiger partial charge in [-0.3, -0.25) is 0 Å². The summed E-state index contributed by atoms with van der Waals surface area (Å²) in [6.07, 6.45) is 1.63. The highest BCUT2D eigenvalue weighted by Crippen LogP contribution is 2.25. The minimum absolute atomic E-state index is 0.277. The number of hydrogen-bond donors (Lipinski definition) is 1. The zero-order valence-electron chi connectivity index (χ0n) is 11.0. The third-order valence-electron chi connectivity index (χ3n) is 3.22. The smallest absolute Gasteiger partial charge is 0.244 e. The van der Waals surface area contributed by atoms with Crippen LogP contribution in [0, 0.1) is 0 Å². The van der Waals surface area contributed by atoms with E-state index in [1.165, 1.54) is 15.6 Å². The van der Waals surface area contributed by atoms with Crippen molar-refractivity contribution in [2.45, 2.75) is 24.5 Å². The van der Waals surface area contributed by atoms with Crippen LogP contribution in [0.4, 0.5) is 0 Å². The number of rotatable bonds is 4. The Bertz CT molecular complexity index is 706. The van der Waals surface area contributed by atoms with Gasteiger partial charge >= 0.3 is 0 Å². The summed E-state index contributed by atoms with van der Waals surface area (Å²) in [7, 11) is -1.61. The second-order valence-corrected chi connectivity index (χ2v) is 7.49. The van der Waals surface area contributed by atoms with Crippen LogP contribution in [0.25, 0.3) is 0 Å². The van der Waals surface area contributed by atoms with Crippen molar-refractivity contribution >= 4 is 21.4 Å². The van der Waals surface area contributed by atoms with Gasteiger partial charge in [0.05, 0.1) is 11.4 Å². The number of sulfonamides is 1. The summed E-state index contributed by atoms with van der Waals surface area (Å²) >= 11 is 1.45. The van der Waals surface area contributed by atoms with Gasteiger partial charge in [-0.2, -0.15) is 4.31 Å². The third-order valence-corrected chi connectivity index (χ3v) is 6.13. The maximum atomic E-state index is 12.6. The Kier molecular flexibility index (Phi) is 3.59. The molecule has 0 aromatic carbocycles. The van der Waals surface area contributed by atoms with Gasteiger partial charge in [-0.1, -0.05) is 0 Å². The van der Waals surface area contributed by atoms with E-state index in [1.54, 1.807) is 17.8 Å². The maximum Gasteiger partial charge on any atom is 0.244 e. The molecule has 0 atom stereocenters. The summed E-state index contributed by atoms with van der Waals surface area (Å²) in [4.78, 5) is 1.37. The molecule has 1 aliphatic rings. The summed E-state index contributed by atoms with van der Waals surface area (Å²) in [6, 6.07) is 1.73. The summed E-state index contributed by atoms with van der Waals surface area (Å²) in [5.74, 6) is 0.686. The topological polar surface area (TPSA) is 80.1 Å². The molecule has 9 heteroatoms. The van der Waals surface area contributed by atoms with Gasteiger partial charge in [-0.05, 0) is 13.1 Å². The van der Waals surface area contributed by atoms with Crippen LogP contribution in [0.3, 0.4) is 0 Å². The molecule has 7 nitrogen and oxygen atoms in total. The van der Waals surface area contributed by atoms with E-state index < -0.39 is 10.0 Å². The first kappa shape index (κ1) is 13.7. The Morgan fingerprint density at radius 3 is 3.10 bits per heavy atom. The first-order chi connectivity index (χ1) is 9.61. The van der Waals surface area contributed by atoms with Crippen LogP contribution in [-0.4, -0.2) is 41.1 Å². The molecule has 20 heavy (non-hydrogen) atoms. The molecule has 3 rings (SSSR count). The summed E-state index contributed by atoms with van der Waals surface area (Å²) in [5.41, 5.74) is 0. The number of hydrogen-bond acceptors (Lipinski definition) is 6. The van der Waals surface area contributed by atoms with Crippen molar-refractivity contribution in [2.75, 3.05) is 13.6 Å². The Balaban J connectivity index is 1.85. The van der Waals surface area contributed by atoms with E-state index >= 15 is 0 Å². The molecular formula is C11H15N5O2S2. The minimum atomic E-state index is -3.45. The monoisotopic (exact) mass is 313 g/mol. The van der Waals surface area contributed by atoms with Crippen LogP contribution in [0.1, 0.15) is 10.7 Å². The van der Waals surface area contributed by atoms with Crippen molar-refractivity contribution in [3.63, 3.8) is 0 Å². The fourth-order valence-corrected chi connectivity index (χ4v) is 4.82. The molecular weight excluding hydrogens is 298 g/mol. The van der Waals surface area contributed by atoms with Gasteiger partial charge in [-0.25, -0.2) is 8.42 Å². The van der Waals surface area contributed by atoms with Gasteiger partial charge in [0.25, 0.3) is 0 Å². The highest BCUT2D eigenvalue weighted by atomic mass is 32.2. The van der Waals surface area contributed by atoms with Crippen molar-refractivity contribution in [2.24, 2.45) is 0 Å². The molecule has 0 saturated carbocycles. The first-order valence-electron chi connectivity index (χ1n) is 6.20. The van der Waals surface area contributed by atoms with Crippen LogP contribution in [0.2, 0.25) is 0 Å². The Morgan fingerprint density at radius 1 is 1.45 bits per heavy atom. The lowest BCUT2D eigenvalue weighted by Crippen LogP contribution is -2.38. The quantitative estimate of drug-likeness (QED) is 0.876. The van der Waals surface area contributed by atoms with E-state index in [2.05, 4.69) is 15.5 Å². The lowest BCUT2D eigenvalue weighted by molar-refractivity contribution is 0.335. The number of fused-ring (bicyclic) bond motifs is 1. The van der Waals surface area contributed by atoms with E-state index in [-0.39, 0.29) is 6.54 Å². The molecule has 0 aliphatic carbocycles. The van der Waals surface area contributed by atoms with Gasteiger partial charge in [0, 0.05) is 29.9 Å². The molecule has 108 valence electrons. The lowest BCUT2D eigenvalue weighted by Gasteiger charge is -2.25. The van der Waals surface area contributed by atoms with Crippen LogP contribution < -0.4 is 5.32 Å². The average Bonchev–Trinajstić information content (AvgIpc) is 3.06. The Morgan fingerprint density at radius 2 is 2.30 bits per heavy atom. The Hall–Kier alpha value is -1.29. The van der Waals surface area contributed by atoms with E-state index in [4.69, 9.17) is 0 Å². The minimum Gasteiger partial charge on any atom is -0.315 e. The fraction of sp³-hybridized carbons (Fsp3) is 0.455. The molecule has 3 heterocycles. The largest absolute Gasteiger partial charge is 0.315 e. The highest BCUT2D eigenvalue weighted by Gasteiger charge is 2.29. The van der Waals surface area contributed by atoms with Crippen molar-refractivity contribution in [1.29, 1.82) is 0 Å². The van der Waals surface area contributed by atoms with Crippen molar-refractivity contribution in [3.8, 4) is 0 Å². The SMILES string of the molecule is CNCc1cc(S(=O)(=O)N2CCn3cnnc3C2)cs1. The van der Waals surface area contributed by atoms with E-state index in [0.717, 1.165) is 4.88 Å². The van der Waals surface area contributed by atoms with E-state index in [9.17, 15) is 8.42 Å².